The molecule has 6 rings (SSSR count). The highest BCUT2D eigenvalue weighted by Crippen LogP contribution is 2.66. The van der Waals surface area contributed by atoms with Crippen LogP contribution in [0.3, 0.4) is 0 Å². The van der Waals surface area contributed by atoms with E-state index in [9.17, 15) is 8.42 Å². The minimum atomic E-state index is -4.02. The van der Waals surface area contributed by atoms with Gasteiger partial charge in [-0.1, -0.05) is 92.2 Å². The molecule has 0 unspecified atom stereocenters. The van der Waals surface area contributed by atoms with Crippen LogP contribution in [0.5, 0.6) is 0 Å². The summed E-state index contributed by atoms with van der Waals surface area (Å²) in [5.74, 6) is 2.35. The van der Waals surface area contributed by atoms with E-state index in [0.29, 0.717) is 11.3 Å². The molecule has 3 aliphatic carbocycles. The topological polar surface area (TPSA) is 80.4 Å². The van der Waals surface area contributed by atoms with Crippen LogP contribution in [-0.2, 0) is 10.1 Å². The number of rotatable bonds is 5. The molecular formula is C29H36NO3PS. The van der Waals surface area contributed by atoms with Gasteiger partial charge in [0.25, 0.3) is 10.1 Å². The van der Waals surface area contributed by atoms with Crippen molar-refractivity contribution in [2.24, 2.45) is 28.9 Å². The fourth-order valence-corrected chi connectivity index (χ4v) is 9.66. The fraction of sp³-hybridized carbons (Fsp3) is 0.379. The first kappa shape index (κ1) is 26.0. The summed E-state index contributed by atoms with van der Waals surface area (Å²) in [4.78, 5) is -0.0666. The van der Waals surface area contributed by atoms with E-state index in [2.05, 4.69) is 74.5 Å². The number of aryl methyl sites for hydroxylation is 1. The zero-order chi connectivity index (χ0) is 25.2. The number of benzene rings is 3. The van der Waals surface area contributed by atoms with Crippen LogP contribution in [0.1, 0.15) is 32.3 Å². The summed E-state index contributed by atoms with van der Waals surface area (Å²) in [6, 6.07) is 28.3. The van der Waals surface area contributed by atoms with Crippen LogP contribution >= 0.6 is 7.92 Å². The molecule has 0 heterocycles. The minimum absolute atomic E-state index is 0.0666. The van der Waals surface area contributed by atoms with Crippen molar-refractivity contribution in [2.75, 3.05) is 6.54 Å². The average molecular weight is 510 g/mol. The Bertz CT molecular complexity index is 1170. The molecule has 186 valence electrons. The summed E-state index contributed by atoms with van der Waals surface area (Å²) in [6.45, 7) is 7.62. The third-order valence-corrected chi connectivity index (χ3v) is 11.9. The summed E-state index contributed by atoms with van der Waals surface area (Å²) in [5.41, 5.74) is 8.51. The molecule has 35 heavy (non-hydrogen) atoms. The van der Waals surface area contributed by atoms with E-state index in [1.54, 1.807) is 12.1 Å². The molecule has 4 nitrogen and oxygen atoms in total. The van der Waals surface area contributed by atoms with Gasteiger partial charge >= 0.3 is 0 Å². The van der Waals surface area contributed by atoms with Gasteiger partial charge in [0.2, 0.25) is 0 Å². The molecule has 3 N–H and O–H groups in total. The second-order valence-electron chi connectivity index (χ2n) is 10.4. The van der Waals surface area contributed by atoms with Crippen molar-refractivity contribution >= 4 is 28.6 Å². The third-order valence-electron chi connectivity index (χ3n) is 8.07. The first-order chi connectivity index (χ1) is 16.6. The summed E-state index contributed by atoms with van der Waals surface area (Å²) < 4.78 is 29.6. The van der Waals surface area contributed by atoms with Gasteiger partial charge in [0.05, 0.1) is 4.90 Å². The summed E-state index contributed by atoms with van der Waals surface area (Å²) in [5, 5.41) is 3.03. The summed E-state index contributed by atoms with van der Waals surface area (Å²) in [7, 11) is -4.35. The Labute approximate surface area is 211 Å². The van der Waals surface area contributed by atoms with E-state index >= 15 is 0 Å². The van der Waals surface area contributed by atoms with E-state index in [1.807, 2.05) is 6.92 Å². The second-order valence-corrected chi connectivity index (χ2v) is 14.2. The van der Waals surface area contributed by atoms with Crippen LogP contribution in [0.2, 0.25) is 0 Å². The predicted octanol–water partition coefficient (Wildman–Crippen LogP) is 5.37. The molecule has 6 heteroatoms. The van der Waals surface area contributed by atoms with Crippen LogP contribution in [0, 0.1) is 30.1 Å². The number of hydrogen-bond acceptors (Lipinski definition) is 3. The van der Waals surface area contributed by atoms with Gasteiger partial charge in [-0.25, -0.2) is 0 Å². The molecule has 4 atom stereocenters. The molecule has 0 radical (unpaired) electrons. The van der Waals surface area contributed by atoms with E-state index in [0.717, 1.165) is 29.6 Å². The second kappa shape index (κ2) is 10.5. The third kappa shape index (κ3) is 5.54. The average Bonchev–Trinajstić information content (AvgIpc) is 2.85. The lowest BCUT2D eigenvalue weighted by Crippen LogP contribution is -2.59. The molecule has 0 amide bonds. The Balaban J connectivity index is 0.000000221. The van der Waals surface area contributed by atoms with Gasteiger partial charge in [-0.15, -0.1) is 0 Å². The molecule has 3 aromatic carbocycles. The maximum Gasteiger partial charge on any atom is 0.294 e. The lowest BCUT2D eigenvalue weighted by Gasteiger charge is -2.63. The van der Waals surface area contributed by atoms with Crippen molar-refractivity contribution in [3.63, 3.8) is 0 Å². The Morgan fingerprint density at radius 1 is 0.886 bits per heavy atom. The van der Waals surface area contributed by atoms with E-state index < -0.39 is 10.1 Å². The molecule has 0 saturated heterocycles. The summed E-state index contributed by atoms with van der Waals surface area (Å²) >= 11 is 0. The Morgan fingerprint density at radius 2 is 1.40 bits per heavy atom. The normalized spacial score (nSPS) is 24.7. The largest absolute Gasteiger partial charge is 0.330 e. The highest BCUT2D eigenvalue weighted by molar-refractivity contribution is 7.85. The molecular weight excluding hydrogens is 473 g/mol. The quantitative estimate of drug-likeness (QED) is 0.358. The van der Waals surface area contributed by atoms with Gasteiger partial charge in [0, 0.05) is 0 Å². The van der Waals surface area contributed by atoms with Gasteiger partial charge in [0.15, 0.2) is 0 Å². The van der Waals surface area contributed by atoms with E-state index in [1.165, 1.54) is 35.6 Å². The maximum atomic E-state index is 10.5. The fourth-order valence-electron chi connectivity index (χ4n) is 5.95. The molecule has 0 aromatic heterocycles. The van der Waals surface area contributed by atoms with Crippen LogP contribution < -0.4 is 16.3 Å². The number of fused-ring (bicyclic) bond motifs is 2. The highest BCUT2D eigenvalue weighted by Gasteiger charge is 2.58. The first-order valence-electron chi connectivity index (χ1n) is 12.3. The van der Waals surface area contributed by atoms with Gasteiger partial charge in [-0.2, -0.15) is 8.42 Å². The molecule has 0 spiro atoms. The number of hydrogen-bond donors (Lipinski definition) is 2. The first-order valence-corrected chi connectivity index (χ1v) is 15.1. The number of nitrogens with two attached hydrogens (primary N) is 1. The zero-order valence-electron chi connectivity index (χ0n) is 20.7. The van der Waals surface area contributed by atoms with Crippen molar-refractivity contribution < 1.29 is 13.0 Å². The molecule has 2 bridgehead atoms. The highest BCUT2D eigenvalue weighted by atomic mass is 32.2. The smallest absolute Gasteiger partial charge is 0.294 e. The van der Waals surface area contributed by atoms with E-state index in [4.69, 9.17) is 10.3 Å². The zero-order valence-corrected chi connectivity index (χ0v) is 22.4. The minimum Gasteiger partial charge on any atom is -0.330 e. The lowest BCUT2D eigenvalue weighted by atomic mass is 9.45. The van der Waals surface area contributed by atoms with E-state index in [-0.39, 0.29) is 12.8 Å². The van der Waals surface area contributed by atoms with Crippen molar-refractivity contribution in [3.8, 4) is 0 Å². The monoisotopic (exact) mass is 509 g/mol. The van der Waals surface area contributed by atoms with Crippen LogP contribution in [-0.4, -0.2) is 25.2 Å². The Morgan fingerprint density at radius 3 is 1.83 bits per heavy atom. The van der Waals surface area contributed by atoms with Gasteiger partial charge in [0.1, 0.15) is 0 Å². The Hall–Kier alpha value is -2.04. The predicted molar refractivity (Wildman–Crippen MR) is 146 cm³/mol. The molecule has 3 fully saturated rings. The molecule has 0 aliphatic heterocycles. The van der Waals surface area contributed by atoms with Crippen molar-refractivity contribution in [1.29, 1.82) is 0 Å². The van der Waals surface area contributed by atoms with Gasteiger partial charge < -0.3 is 5.73 Å². The summed E-state index contributed by atoms with van der Waals surface area (Å²) in [6.07, 6.45) is 2.75. The Kier molecular flexibility index (Phi) is 7.83. The van der Waals surface area contributed by atoms with Crippen LogP contribution in [0.15, 0.2) is 89.8 Å². The van der Waals surface area contributed by atoms with Gasteiger partial charge in [-0.05, 0) is 85.8 Å². The van der Waals surface area contributed by atoms with Crippen LogP contribution in [0.4, 0.5) is 0 Å². The van der Waals surface area contributed by atoms with Crippen molar-refractivity contribution in [3.05, 3.63) is 90.5 Å². The van der Waals surface area contributed by atoms with Crippen molar-refractivity contribution in [2.45, 2.75) is 44.2 Å². The van der Waals surface area contributed by atoms with Gasteiger partial charge in [-0.3, -0.25) is 4.55 Å². The van der Waals surface area contributed by atoms with Crippen LogP contribution in [0.25, 0.3) is 0 Å². The molecule has 3 saturated carbocycles. The lowest BCUT2D eigenvalue weighted by molar-refractivity contribution is -0.0982. The van der Waals surface area contributed by atoms with Crippen molar-refractivity contribution in [1.82, 2.24) is 0 Å². The standard InChI is InChI=1S/C22H28NP.C7H8O3S/c1-22(2)16-13-20(22)19(15-23)21(14-16)24(17-9-5-3-6-10-17)18-11-7-4-8-12-18;1-6-2-4-7(5-3-6)11(8,9)10/h3-12,16,19-21H,13-15,23H2,1-2H3;2-5H,1H3,(H,8,9,10)/t16-,19+,20+,21+;/m1./s1. The molecule has 3 aromatic rings. The maximum absolute atomic E-state index is 10.5. The SMILES string of the molecule is CC1(C)[C@H]2C[C@H](P(c3ccccc3)c3ccccc3)[C@@H](CN)[C@@H]1C2.Cc1ccc(S(=O)(=O)O)cc1. The molecule has 3 aliphatic rings.